The van der Waals surface area contributed by atoms with E-state index in [1.54, 1.807) is 6.07 Å². The number of aromatic nitrogens is 1. The Morgan fingerprint density at radius 3 is 2.78 bits per heavy atom. The topological polar surface area (TPSA) is 81.2 Å². The summed E-state index contributed by atoms with van der Waals surface area (Å²) in [5.41, 5.74) is 7.41. The van der Waals surface area contributed by atoms with Crippen LogP contribution in [0.2, 0.25) is 0 Å². The molecule has 1 amide bonds. The number of carbonyl (C=O) groups excluding carboxylic acids is 1. The van der Waals surface area contributed by atoms with Crippen LogP contribution in [0, 0.1) is 6.92 Å². The minimum Gasteiger partial charge on any atom is -0.359 e. The molecule has 2 aromatic rings. The van der Waals surface area contributed by atoms with E-state index >= 15 is 0 Å². The van der Waals surface area contributed by atoms with Crippen molar-refractivity contribution < 1.29 is 9.32 Å². The van der Waals surface area contributed by atoms with Crippen LogP contribution in [0.1, 0.15) is 23.1 Å². The molecule has 1 aromatic carbocycles. The first kappa shape index (κ1) is 12.3. The Morgan fingerprint density at radius 2 is 2.17 bits per heavy atom. The predicted octanol–water partition coefficient (Wildman–Crippen LogP) is 1.30. The number of carbonyl (C=O) groups is 1. The Kier molecular flexibility index (Phi) is 3.74. The summed E-state index contributed by atoms with van der Waals surface area (Å²) in [6.45, 7) is 2.12. The number of nitrogens with zero attached hydrogens (tertiary/aromatic N) is 1. The van der Waals surface area contributed by atoms with Gasteiger partial charge in [0.05, 0.1) is 12.2 Å². The van der Waals surface area contributed by atoms with Crippen LogP contribution < -0.4 is 11.1 Å². The third kappa shape index (κ3) is 2.95. The fourth-order valence-corrected chi connectivity index (χ4v) is 1.60. The normalized spacial score (nSPS) is 12.1. The van der Waals surface area contributed by atoms with Crippen LogP contribution >= 0.6 is 0 Å². The van der Waals surface area contributed by atoms with Gasteiger partial charge in [0.25, 0.3) is 0 Å². The number of hydrogen-bond acceptors (Lipinski definition) is 4. The van der Waals surface area contributed by atoms with Crippen molar-refractivity contribution in [1.29, 1.82) is 0 Å². The van der Waals surface area contributed by atoms with Gasteiger partial charge in [-0.2, -0.15) is 0 Å². The molecule has 1 heterocycles. The van der Waals surface area contributed by atoms with Crippen molar-refractivity contribution >= 4 is 5.91 Å². The average Bonchev–Trinajstić information content (AvgIpc) is 2.82. The molecular weight excluding hydrogens is 230 g/mol. The van der Waals surface area contributed by atoms with Gasteiger partial charge in [-0.1, -0.05) is 35.5 Å². The van der Waals surface area contributed by atoms with Gasteiger partial charge in [-0.05, 0) is 12.5 Å². The molecule has 0 saturated carbocycles. The molecular formula is C13H15N3O2. The van der Waals surface area contributed by atoms with E-state index in [4.69, 9.17) is 10.3 Å². The second-order valence-electron chi connectivity index (χ2n) is 4.04. The SMILES string of the molecule is Cc1cc(CNC(=O)[C@@H](N)c2ccccc2)on1. The van der Waals surface area contributed by atoms with Crippen LogP contribution in [0.4, 0.5) is 0 Å². The Bertz CT molecular complexity index is 522. The van der Waals surface area contributed by atoms with Gasteiger partial charge in [0.1, 0.15) is 6.04 Å². The number of amides is 1. The van der Waals surface area contributed by atoms with E-state index in [-0.39, 0.29) is 5.91 Å². The van der Waals surface area contributed by atoms with Gasteiger partial charge in [0, 0.05) is 6.07 Å². The Morgan fingerprint density at radius 1 is 1.44 bits per heavy atom. The third-order valence-electron chi connectivity index (χ3n) is 2.55. The van der Waals surface area contributed by atoms with Crippen molar-refractivity contribution in [2.45, 2.75) is 19.5 Å². The molecule has 2 rings (SSSR count). The highest BCUT2D eigenvalue weighted by Gasteiger charge is 2.15. The quantitative estimate of drug-likeness (QED) is 0.850. The van der Waals surface area contributed by atoms with Crippen LogP contribution in [0.25, 0.3) is 0 Å². The molecule has 5 heteroatoms. The van der Waals surface area contributed by atoms with E-state index in [0.717, 1.165) is 11.3 Å². The summed E-state index contributed by atoms with van der Waals surface area (Å²) in [6.07, 6.45) is 0. The molecule has 0 aliphatic rings. The zero-order valence-electron chi connectivity index (χ0n) is 10.1. The van der Waals surface area contributed by atoms with Crippen molar-refractivity contribution in [3.05, 3.63) is 53.4 Å². The van der Waals surface area contributed by atoms with Gasteiger partial charge in [0.2, 0.25) is 5.91 Å². The predicted molar refractivity (Wildman–Crippen MR) is 66.5 cm³/mol. The minimum atomic E-state index is -0.671. The molecule has 0 aliphatic carbocycles. The van der Waals surface area contributed by atoms with E-state index in [0.29, 0.717) is 12.3 Å². The molecule has 0 radical (unpaired) electrons. The number of aryl methyl sites for hydroxylation is 1. The lowest BCUT2D eigenvalue weighted by Crippen LogP contribution is -2.33. The zero-order chi connectivity index (χ0) is 13.0. The smallest absolute Gasteiger partial charge is 0.241 e. The average molecular weight is 245 g/mol. The highest BCUT2D eigenvalue weighted by molar-refractivity contribution is 5.82. The Balaban J connectivity index is 1.92. The maximum absolute atomic E-state index is 11.8. The van der Waals surface area contributed by atoms with Crippen molar-refractivity contribution in [1.82, 2.24) is 10.5 Å². The Hall–Kier alpha value is -2.14. The fraction of sp³-hybridized carbons (Fsp3) is 0.231. The second-order valence-corrected chi connectivity index (χ2v) is 4.04. The van der Waals surface area contributed by atoms with Gasteiger partial charge in [-0.25, -0.2) is 0 Å². The molecule has 0 bridgehead atoms. The minimum absolute atomic E-state index is 0.241. The van der Waals surface area contributed by atoms with Crippen LogP contribution in [0.3, 0.4) is 0 Å². The zero-order valence-corrected chi connectivity index (χ0v) is 10.1. The molecule has 18 heavy (non-hydrogen) atoms. The highest BCUT2D eigenvalue weighted by Crippen LogP contribution is 2.09. The molecule has 0 unspecified atom stereocenters. The van der Waals surface area contributed by atoms with Gasteiger partial charge in [-0.3, -0.25) is 4.79 Å². The van der Waals surface area contributed by atoms with Gasteiger partial charge in [-0.15, -0.1) is 0 Å². The molecule has 94 valence electrons. The second kappa shape index (κ2) is 5.46. The largest absolute Gasteiger partial charge is 0.359 e. The van der Waals surface area contributed by atoms with E-state index in [1.165, 1.54) is 0 Å². The molecule has 0 spiro atoms. The summed E-state index contributed by atoms with van der Waals surface area (Å²) >= 11 is 0. The maximum atomic E-state index is 11.8. The van der Waals surface area contributed by atoms with Crippen LogP contribution in [-0.4, -0.2) is 11.1 Å². The first-order chi connectivity index (χ1) is 8.66. The number of hydrogen-bond donors (Lipinski definition) is 2. The van der Waals surface area contributed by atoms with Crippen molar-refractivity contribution in [3.63, 3.8) is 0 Å². The molecule has 1 aromatic heterocycles. The van der Waals surface area contributed by atoms with Crippen LogP contribution in [-0.2, 0) is 11.3 Å². The third-order valence-corrected chi connectivity index (χ3v) is 2.55. The van der Waals surface area contributed by atoms with Gasteiger partial charge >= 0.3 is 0 Å². The standard InChI is InChI=1S/C13H15N3O2/c1-9-7-11(18-16-9)8-15-13(17)12(14)10-5-3-2-4-6-10/h2-7,12H,8,14H2,1H3,(H,15,17)/t12-/m0/s1. The van der Waals surface area contributed by atoms with E-state index in [9.17, 15) is 4.79 Å². The van der Waals surface area contributed by atoms with Gasteiger partial charge in [0.15, 0.2) is 5.76 Å². The van der Waals surface area contributed by atoms with Crippen molar-refractivity contribution in [3.8, 4) is 0 Å². The Labute approximate surface area is 105 Å². The summed E-state index contributed by atoms with van der Waals surface area (Å²) < 4.78 is 4.99. The number of nitrogens with one attached hydrogen (secondary N) is 1. The molecule has 3 N–H and O–H groups in total. The lowest BCUT2D eigenvalue weighted by atomic mass is 10.1. The lowest BCUT2D eigenvalue weighted by molar-refractivity contribution is -0.122. The van der Waals surface area contributed by atoms with Crippen LogP contribution in [0.15, 0.2) is 40.9 Å². The monoisotopic (exact) mass is 245 g/mol. The van der Waals surface area contributed by atoms with Crippen LogP contribution in [0.5, 0.6) is 0 Å². The van der Waals surface area contributed by atoms with Crippen molar-refractivity contribution in [2.24, 2.45) is 5.73 Å². The molecule has 0 aliphatic heterocycles. The molecule has 1 atom stereocenters. The molecule has 0 fully saturated rings. The maximum Gasteiger partial charge on any atom is 0.241 e. The summed E-state index contributed by atoms with van der Waals surface area (Å²) in [7, 11) is 0. The summed E-state index contributed by atoms with van der Waals surface area (Å²) in [5, 5.41) is 6.45. The van der Waals surface area contributed by atoms with E-state index in [2.05, 4.69) is 10.5 Å². The van der Waals surface area contributed by atoms with E-state index < -0.39 is 6.04 Å². The summed E-state index contributed by atoms with van der Waals surface area (Å²) in [4.78, 5) is 11.8. The first-order valence-electron chi connectivity index (χ1n) is 5.67. The van der Waals surface area contributed by atoms with Crippen molar-refractivity contribution in [2.75, 3.05) is 0 Å². The number of nitrogens with two attached hydrogens (primary N) is 1. The number of benzene rings is 1. The first-order valence-corrected chi connectivity index (χ1v) is 5.67. The summed E-state index contributed by atoms with van der Waals surface area (Å²) in [5.74, 6) is 0.372. The summed E-state index contributed by atoms with van der Waals surface area (Å²) in [6, 6.07) is 10.3. The number of rotatable bonds is 4. The fourth-order valence-electron chi connectivity index (χ4n) is 1.60. The van der Waals surface area contributed by atoms with Gasteiger partial charge < -0.3 is 15.6 Å². The van der Waals surface area contributed by atoms with E-state index in [1.807, 2.05) is 37.3 Å². The lowest BCUT2D eigenvalue weighted by Gasteiger charge is -2.11. The molecule has 0 saturated heterocycles. The highest BCUT2D eigenvalue weighted by atomic mass is 16.5. The molecule has 5 nitrogen and oxygen atoms in total.